The summed E-state index contributed by atoms with van der Waals surface area (Å²) < 4.78 is 0. The number of hydrogen-bond acceptors (Lipinski definition) is 2. The number of aliphatic hydroxyl groups is 1. The molecule has 1 aromatic carbocycles. The average molecular weight is 200 g/mol. The number of hydrogen-bond donors (Lipinski definition) is 2. The van der Waals surface area contributed by atoms with Crippen LogP contribution in [-0.4, -0.2) is 11.7 Å². The minimum atomic E-state index is -0.912. The Morgan fingerprint density at radius 1 is 1.38 bits per heavy atom. The molecular weight excluding hydrogens is 186 g/mol. The van der Waals surface area contributed by atoms with E-state index < -0.39 is 5.60 Å². The van der Waals surface area contributed by atoms with E-state index in [-0.39, 0.29) is 6.54 Å². The van der Waals surface area contributed by atoms with Crippen LogP contribution in [-0.2, 0) is 5.60 Å². The highest BCUT2D eigenvalue weighted by Crippen LogP contribution is 2.24. The van der Waals surface area contributed by atoms with Crippen LogP contribution in [0.25, 0.3) is 0 Å². The van der Waals surface area contributed by atoms with E-state index in [1.165, 1.54) is 0 Å². The molecule has 0 heterocycles. The minimum absolute atomic E-state index is 0.227. The van der Waals surface area contributed by atoms with Gasteiger partial charge < -0.3 is 10.8 Å². The summed E-state index contributed by atoms with van der Waals surface area (Å²) in [5, 5.41) is 10.7. The average Bonchev–Trinajstić information content (AvgIpc) is 2.18. The first kappa shape index (κ1) is 10.5. The monoisotopic (exact) mass is 199 g/mol. The lowest BCUT2D eigenvalue weighted by Crippen LogP contribution is -2.33. The summed E-state index contributed by atoms with van der Waals surface area (Å²) in [6, 6.07) is 7.12. The van der Waals surface area contributed by atoms with Crippen molar-refractivity contribution in [2.24, 2.45) is 5.73 Å². The number of halogens is 1. The van der Waals surface area contributed by atoms with Crippen LogP contribution in [0, 0.1) is 0 Å². The molecule has 0 fully saturated rings. The molecule has 0 amide bonds. The molecule has 1 rings (SSSR count). The summed E-state index contributed by atoms with van der Waals surface area (Å²) in [4.78, 5) is 0. The van der Waals surface area contributed by atoms with Gasteiger partial charge in [-0.05, 0) is 24.1 Å². The van der Waals surface area contributed by atoms with Crippen LogP contribution in [0.3, 0.4) is 0 Å². The lowest BCUT2D eigenvalue weighted by molar-refractivity contribution is 0.0419. The molecule has 0 aliphatic carbocycles. The molecule has 2 nitrogen and oxygen atoms in total. The molecule has 0 radical (unpaired) electrons. The van der Waals surface area contributed by atoms with Crippen LogP contribution >= 0.6 is 11.6 Å². The van der Waals surface area contributed by atoms with E-state index in [1.807, 2.05) is 6.92 Å². The van der Waals surface area contributed by atoms with E-state index >= 15 is 0 Å². The van der Waals surface area contributed by atoms with Crippen molar-refractivity contribution in [2.75, 3.05) is 6.54 Å². The lowest BCUT2D eigenvalue weighted by atomic mass is 9.91. The van der Waals surface area contributed by atoms with E-state index in [9.17, 15) is 5.11 Å². The Morgan fingerprint density at radius 2 is 1.92 bits per heavy atom. The second-order valence-corrected chi connectivity index (χ2v) is 3.53. The fourth-order valence-corrected chi connectivity index (χ4v) is 1.35. The topological polar surface area (TPSA) is 46.2 Å². The first-order chi connectivity index (χ1) is 6.12. The van der Waals surface area contributed by atoms with Crippen LogP contribution in [0.1, 0.15) is 18.9 Å². The highest BCUT2D eigenvalue weighted by Gasteiger charge is 2.24. The van der Waals surface area contributed by atoms with E-state index in [2.05, 4.69) is 0 Å². The maximum atomic E-state index is 10.0. The number of benzene rings is 1. The molecule has 0 spiro atoms. The largest absolute Gasteiger partial charge is 0.384 e. The highest BCUT2D eigenvalue weighted by molar-refractivity contribution is 6.30. The molecule has 13 heavy (non-hydrogen) atoms. The maximum Gasteiger partial charge on any atom is 0.102 e. The molecule has 0 bridgehead atoms. The van der Waals surface area contributed by atoms with Gasteiger partial charge in [-0.3, -0.25) is 0 Å². The third-order valence-corrected chi connectivity index (χ3v) is 2.56. The zero-order chi connectivity index (χ0) is 9.90. The normalized spacial score (nSPS) is 15.4. The summed E-state index contributed by atoms with van der Waals surface area (Å²) in [5.74, 6) is 0. The zero-order valence-corrected chi connectivity index (χ0v) is 8.38. The fourth-order valence-electron chi connectivity index (χ4n) is 1.23. The van der Waals surface area contributed by atoms with Gasteiger partial charge in [0.2, 0.25) is 0 Å². The molecule has 3 N–H and O–H groups in total. The van der Waals surface area contributed by atoms with Crippen molar-refractivity contribution in [2.45, 2.75) is 18.9 Å². The smallest absolute Gasteiger partial charge is 0.102 e. The zero-order valence-electron chi connectivity index (χ0n) is 7.63. The second-order valence-electron chi connectivity index (χ2n) is 3.10. The third kappa shape index (κ3) is 2.21. The molecule has 0 saturated heterocycles. The Kier molecular flexibility index (Phi) is 3.31. The van der Waals surface area contributed by atoms with E-state index in [0.717, 1.165) is 5.56 Å². The maximum absolute atomic E-state index is 10.0. The molecule has 3 heteroatoms. The Hall–Kier alpha value is -0.570. The van der Waals surface area contributed by atoms with Crippen molar-refractivity contribution in [3.8, 4) is 0 Å². The van der Waals surface area contributed by atoms with Gasteiger partial charge in [-0.1, -0.05) is 30.7 Å². The van der Waals surface area contributed by atoms with Crippen molar-refractivity contribution in [1.29, 1.82) is 0 Å². The highest BCUT2D eigenvalue weighted by atomic mass is 35.5. The van der Waals surface area contributed by atoms with E-state index in [0.29, 0.717) is 11.4 Å². The SMILES string of the molecule is CC[C@@](O)(CN)c1ccc(Cl)cc1. The Bertz CT molecular complexity index is 267. The van der Waals surface area contributed by atoms with Gasteiger partial charge in [0.1, 0.15) is 5.60 Å². The third-order valence-electron chi connectivity index (χ3n) is 2.30. The summed E-state index contributed by atoms with van der Waals surface area (Å²) in [7, 11) is 0. The first-order valence-electron chi connectivity index (χ1n) is 4.31. The Balaban J connectivity index is 2.99. The van der Waals surface area contributed by atoms with Gasteiger partial charge in [0.15, 0.2) is 0 Å². The van der Waals surface area contributed by atoms with Crippen LogP contribution in [0.5, 0.6) is 0 Å². The number of rotatable bonds is 3. The van der Waals surface area contributed by atoms with Gasteiger partial charge in [-0.25, -0.2) is 0 Å². The Labute approximate surface area is 83.3 Å². The van der Waals surface area contributed by atoms with Crippen LogP contribution < -0.4 is 5.73 Å². The van der Waals surface area contributed by atoms with Gasteiger partial charge in [0.25, 0.3) is 0 Å². The predicted molar refractivity (Wildman–Crippen MR) is 54.7 cm³/mol. The molecule has 1 atom stereocenters. The summed E-state index contributed by atoms with van der Waals surface area (Å²) in [6.07, 6.45) is 0.602. The predicted octanol–water partition coefficient (Wildman–Crippen LogP) is 1.90. The van der Waals surface area contributed by atoms with Gasteiger partial charge in [-0.2, -0.15) is 0 Å². The van der Waals surface area contributed by atoms with E-state index in [4.69, 9.17) is 17.3 Å². The van der Waals surface area contributed by atoms with Crippen molar-refractivity contribution in [3.05, 3.63) is 34.9 Å². The minimum Gasteiger partial charge on any atom is -0.384 e. The molecule has 0 unspecified atom stereocenters. The fraction of sp³-hybridized carbons (Fsp3) is 0.400. The molecular formula is C10H14ClNO. The molecule has 0 aliphatic heterocycles. The lowest BCUT2D eigenvalue weighted by Gasteiger charge is -2.25. The van der Waals surface area contributed by atoms with Gasteiger partial charge >= 0.3 is 0 Å². The molecule has 0 saturated carbocycles. The van der Waals surface area contributed by atoms with Crippen LogP contribution in [0.4, 0.5) is 0 Å². The first-order valence-corrected chi connectivity index (χ1v) is 4.68. The van der Waals surface area contributed by atoms with Crippen LogP contribution in [0.2, 0.25) is 5.02 Å². The quantitative estimate of drug-likeness (QED) is 0.781. The van der Waals surface area contributed by atoms with Gasteiger partial charge in [0, 0.05) is 11.6 Å². The van der Waals surface area contributed by atoms with Crippen molar-refractivity contribution < 1.29 is 5.11 Å². The standard InChI is InChI=1S/C10H14ClNO/c1-2-10(13,7-12)8-3-5-9(11)6-4-8/h3-6,13H,2,7,12H2,1H3/t10-/m1/s1. The summed E-state index contributed by atoms with van der Waals surface area (Å²) in [5.41, 5.74) is 5.41. The van der Waals surface area contributed by atoms with Crippen molar-refractivity contribution in [1.82, 2.24) is 0 Å². The summed E-state index contributed by atoms with van der Waals surface area (Å²) in [6.45, 7) is 2.13. The van der Waals surface area contributed by atoms with Crippen molar-refractivity contribution in [3.63, 3.8) is 0 Å². The summed E-state index contributed by atoms with van der Waals surface area (Å²) >= 11 is 5.74. The molecule has 72 valence electrons. The second kappa shape index (κ2) is 4.09. The van der Waals surface area contributed by atoms with Crippen LogP contribution in [0.15, 0.2) is 24.3 Å². The molecule has 1 aromatic rings. The molecule has 0 aromatic heterocycles. The van der Waals surface area contributed by atoms with Crippen molar-refractivity contribution >= 4 is 11.6 Å². The Morgan fingerprint density at radius 3 is 2.31 bits per heavy atom. The van der Waals surface area contributed by atoms with Gasteiger partial charge in [-0.15, -0.1) is 0 Å². The van der Waals surface area contributed by atoms with Gasteiger partial charge in [0.05, 0.1) is 0 Å². The molecule has 0 aliphatic rings. The van der Waals surface area contributed by atoms with E-state index in [1.54, 1.807) is 24.3 Å². The number of nitrogens with two attached hydrogens (primary N) is 1.